The van der Waals surface area contributed by atoms with Crippen LogP contribution in [0.4, 0.5) is 17.1 Å². The molecule has 0 spiro atoms. The molecule has 0 fully saturated rings. The van der Waals surface area contributed by atoms with E-state index in [1.807, 2.05) is 11.3 Å². The van der Waals surface area contributed by atoms with E-state index in [2.05, 4.69) is 217 Å². The Hall–Kier alpha value is -6.74. The third-order valence-corrected chi connectivity index (χ3v) is 11.6. The van der Waals surface area contributed by atoms with Crippen LogP contribution in [0.2, 0.25) is 0 Å². The number of anilines is 3. The molecule has 10 aromatic rings. The first-order chi connectivity index (χ1) is 26.8. The highest BCUT2D eigenvalue weighted by Crippen LogP contribution is 2.46. The minimum absolute atomic E-state index is 1.11. The van der Waals surface area contributed by atoms with Gasteiger partial charge in [0.2, 0.25) is 0 Å². The van der Waals surface area contributed by atoms with Gasteiger partial charge in [0, 0.05) is 31.5 Å². The van der Waals surface area contributed by atoms with Crippen molar-refractivity contribution in [3.05, 3.63) is 212 Å². The summed E-state index contributed by atoms with van der Waals surface area (Å²) < 4.78 is 2.58. The lowest BCUT2D eigenvalue weighted by Gasteiger charge is -2.27. The Morgan fingerprint density at radius 3 is 1.52 bits per heavy atom. The Morgan fingerprint density at radius 1 is 0.315 bits per heavy atom. The molecule has 0 amide bonds. The standard InChI is InChI=1S/C52H35NS/c1-3-13-36(14-4-1)37-25-27-38(28-26-37)41-19-11-20-45(33-41)53(49-22-12-24-51-52(49)46-21-9-10-23-50(46)54-51)44-31-29-40(30-32-44)48-35-43-18-8-7-17-42(43)34-47(48)39-15-5-2-6-16-39/h1-35H. The second kappa shape index (κ2) is 13.7. The van der Waals surface area contributed by atoms with E-state index >= 15 is 0 Å². The number of fused-ring (bicyclic) bond motifs is 4. The Balaban J connectivity index is 1.12. The number of thiophene rings is 1. The van der Waals surface area contributed by atoms with Gasteiger partial charge in [-0.1, -0.05) is 158 Å². The largest absolute Gasteiger partial charge is 0.310 e. The van der Waals surface area contributed by atoms with Crippen LogP contribution in [0.3, 0.4) is 0 Å². The summed E-state index contributed by atoms with van der Waals surface area (Å²) in [6.07, 6.45) is 0. The van der Waals surface area contributed by atoms with Gasteiger partial charge < -0.3 is 4.90 Å². The summed E-state index contributed by atoms with van der Waals surface area (Å²) in [5, 5.41) is 5.04. The molecule has 0 saturated carbocycles. The van der Waals surface area contributed by atoms with Crippen molar-refractivity contribution in [1.82, 2.24) is 0 Å². The highest BCUT2D eigenvalue weighted by Gasteiger charge is 2.20. The van der Waals surface area contributed by atoms with Crippen LogP contribution < -0.4 is 4.90 Å². The predicted molar refractivity (Wildman–Crippen MR) is 233 cm³/mol. The van der Waals surface area contributed by atoms with E-state index in [1.165, 1.54) is 81.1 Å². The fourth-order valence-corrected chi connectivity index (χ4v) is 8.93. The van der Waals surface area contributed by atoms with Crippen LogP contribution in [0, 0.1) is 0 Å². The molecule has 0 atom stereocenters. The van der Waals surface area contributed by atoms with Crippen molar-refractivity contribution in [2.75, 3.05) is 4.90 Å². The third kappa shape index (κ3) is 5.84. The number of benzene rings is 9. The van der Waals surface area contributed by atoms with Gasteiger partial charge in [0.25, 0.3) is 0 Å². The van der Waals surface area contributed by atoms with Gasteiger partial charge in [-0.05, 0) is 110 Å². The second-order valence-corrected chi connectivity index (χ2v) is 14.8. The van der Waals surface area contributed by atoms with Gasteiger partial charge in [-0.15, -0.1) is 11.3 Å². The van der Waals surface area contributed by atoms with E-state index in [9.17, 15) is 0 Å². The highest BCUT2D eigenvalue weighted by molar-refractivity contribution is 7.26. The first kappa shape index (κ1) is 32.0. The fraction of sp³-hybridized carbons (Fsp3) is 0. The molecule has 1 heterocycles. The van der Waals surface area contributed by atoms with Crippen LogP contribution in [0.15, 0.2) is 212 Å². The normalized spacial score (nSPS) is 11.3. The molecule has 0 unspecified atom stereocenters. The summed E-state index contributed by atoms with van der Waals surface area (Å²) in [5.74, 6) is 0. The Bertz CT molecular complexity index is 2910. The van der Waals surface area contributed by atoms with Gasteiger partial charge >= 0.3 is 0 Å². The maximum atomic E-state index is 2.44. The van der Waals surface area contributed by atoms with E-state index in [0.717, 1.165) is 11.4 Å². The van der Waals surface area contributed by atoms with Crippen molar-refractivity contribution in [3.63, 3.8) is 0 Å². The summed E-state index contributed by atoms with van der Waals surface area (Å²) in [5.41, 5.74) is 13.1. The number of hydrogen-bond acceptors (Lipinski definition) is 2. The summed E-state index contributed by atoms with van der Waals surface area (Å²) >= 11 is 1.86. The molecule has 0 radical (unpaired) electrons. The van der Waals surface area contributed by atoms with Crippen molar-refractivity contribution >= 4 is 59.3 Å². The van der Waals surface area contributed by atoms with E-state index in [1.54, 1.807) is 0 Å². The molecule has 1 nitrogen and oxygen atoms in total. The zero-order chi connectivity index (χ0) is 35.8. The number of hydrogen-bond donors (Lipinski definition) is 0. The van der Waals surface area contributed by atoms with E-state index in [0.29, 0.717) is 0 Å². The topological polar surface area (TPSA) is 3.24 Å². The first-order valence-electron chi connectivity index (χ1n) is 18.4. The maximum Gasteiger partial charge on any atom is 0.0554 e. The van der Waals surface area contributed by atoms with Crippen molar-refractivity contribution in [1.29, 1.82) is 0 Å². The molecule has 9 aromatic carbocycles. The molecular weight excluding hydrogens is 671 g/mol. The quantitative estimate of drug-likeness (QED) is 0.160. The van der Waals surface area contributed by atoms with E-state index in [-0.39, 0.29) is 0 Å². The predicted octanol–water partition coefficient (Wildman–Crippen LogP) is 15.3. The van der Waals surface area contributed by atoms with Gasteiger partial charge in [-0.3, -0.25) is 0 Å². The van der Waals surface area contributed by atoms with Gasteiger partial charge in [0.05, 0.1) is 5.69 Å². The molecule has 0 bridgehead atoms. The molecule has 0 aliphatic rings. The summed E-state index contributed by atoms with van der Waals surface area (Å²) in [6.45, 7) is 0. The van der Waals surface area contributed by atoms with Gasteiger partial charge in [0.1, 0.15) is 0 Å². The Morgan fingerprint density at radius 2 is 0.815 bits per heavy atom. The lowest BCUT2D eigenvalue weighted by Crippen LogP contribution is -2.10. The first-order valence-corrected chi connectivity index (χ1v) is 19.2. The summed E-state index contributed by atoms with van der Waals surface area (Å²) in [4.78, 5) is 2.44. The van der Waals surface area contributed by atoms with Gasteiger partial charge in [0.15, 0.2) is 0 Å². The lowest BCUT2D eigenvalue weighted by molar-refractivity contribution is 1.30. The average molecular weight is 706 g/mol. The monoisotopic (exact) mass is 705 g/mol. The molecule has 0 aliphatic carbocycles. The average Bonchev–Trinajstić information content (AvgIpc) is 3.64. The molecule has 0 N–H and O–H groups in total. The zero-order valence-corrected chi connectivity index (χ0v) is 30.4. The lowest BCUT2D eigenvalue weighted by atomic mass is 9.91. The molecule has 254 valence electrons. The number of nitrogens with zero attached hydrogens (tertiary/aromatic N) is 1. The summed E-state index contributed by atoms with van der Waals surface area (Å²) in [7, 11) is 0. The summed E-state index contributed by atoms with van der Waals surface area (Å²) in [6, 6.07) is 77.2. The minimum atomic E-state index is 1.11. The van der Waals surface area contributed by atoms with E-state index in [4.69, 9.17) is 0 Å². The molecule has 54 heavy (non-hydrogen) atoms. The van der Waals surface area contributed by atoms with Crippen molar-refractivity contribution in [2.45, 2.75) is 0 Å². The van der Waals surface area contributed by atoms with Crippen molar-refractivity contribution < 1.29 is 0 Å². The van der Waals surface area contributed by atoms with Gasteiger partial charge in [-0.25, -0.2) is 0 Å². The third-order valence-electron chi connectivity index (χ3n) is 10.5. The smallest absolute Gasteiger partial charge is 0.0554 e. The van der Waals surface area contributed by atoms with Crippen LogP contribution >= 0.6 is 11.3 Å². The van der Waals surface area contributed by atoms with Gasteiger partial charge in [-0.2, -0.15) is 0 Å². The SMILES string of the molecule is c1ccc(-c2ccc(-c3cccc(N(c4ccc(-c5cc6ccccc6cc5-c5ccccc5)cc4)c4cccc5sc6ccccc6c45)c3)cc2)cc1. The second-order valence-electron chi connectivity index (χ2n) is 13.7. The Kier molecular flexibility index (Phi) is 8.09. The minimum Gasteiger partial charge on any atom is -0.310 e. The molecule has 2 heteroatoms. The molecule has 10 rings (SSSR count). The van der Waals surface area contributed by atoms with Crippen LogP contribution in [0.1, 0.15) is 0 Å². The van der Waals surface area contributed by atoms with Crippen molar-refractivity contribution in [2.24, 2.45) is 0 Å². The molecule has 0 aliphatic heterocycles. The zero-order valence-electron chi connectivity index (χ0n) is 29.6. The molecule has 0 saturated heterocycles. The van der Waals surface area contributed by atoms with Crippen LogP contribution in [0.25, 0.3) is 75.5 Å². The number of rotatable bonds is 7. The Labute approximate surface area is 319 Å². The fourth-order valence-electron chi connectivity index (χ4n) is 7.81. The van der Waals surface area contributed by atoms with E-state index < -0.39 is 0 Å². The molecular formula is C52H35NS. The van der Waals surface area contributed by atoms with Crippen molar-refractivity contribution in [3.8, 4) is 44.5 Å². The van der Waals surface area contributed by atoms with Crippen LogP contribution in [-0.4, -0.2) is 0 Å². The highest BCUT2D eigenvalue weighted by atomic mass is 32.1. The molecule has 1 aromatic heterocycles. The van der Waals surface area contributed by atoms with Crippen LogP contribution in [0.5, 0.6) is 0 Å². The maximum absolute atomic E-state index is 2.44. The van der Waals surface area contributed by atoms with Crippen LogP contribution in [-0.2, 0) is 0 Å².